The molecule has 3 rings (SSSR count). The average molecular weight is 663 g/mol. The van der Waals surface area contributed by atoms with Gasteiger partial charge in [0.25, 0.3) is 0 Å². The van der Waals surface area contributed by atoms with Crippen LogP contribution in [0.25, 0.3) is 0 Å². The Labute approximate surface area is 264 Å². The summed E-state index contributed by atoms with van der Waals surface area (Å²) in [6, 6.07) is 0. The zero-order chi connectivity index (χ0) is 26.9. The molecule has 38 heavy (non-hydrogen) atoms. The maximum atomic E-state index is 6.66. The van der Waals surface area contributed by atoms with E-state index in [0.717, 1.165) is 65.8 Å². The number of hydrogen-bond acceptors (Lipinski definition) is 5. The Kier molecular flexibility index (Phi) is 17.3. The molecule has 3 fully saturated rings. The fourth-order valence-corrected chi connectivity index (χ4v) is 7.47. The molecule has 0 spiro atoms. The molecule has 3 heterocycles. The summed E-state index contributed by atoms with van der Waals surface area (Å²) in [5.74, 6) is 0.473. The fraction of sp³-hybridized carbons (Fsp3) is 0.828. The van der Waals surface area contributed by atoms with Gasteiger partial charge in [0.15, 0.2) is 0 Å². The summed E-state index contributed by atoms with van der Waals surface area (Å²) in [6.45, 7) is 17.7. The predicted octanol–water partition coefficient (Wildman–Crippen LogP) is 7.06. The van der Waals surface area contributed by atoms with E-state index in [9.17, 15) is 0 Å². The second kappa shape index (κ2) is 18.4. The van der Waals surface area contributed by atoms with Gasteiger partial charge in [-0.05, 0) is 61.8 Å². The molecular formula is C29H52O5P3Y-. The molecule has 1 radical (unpaired) electrons. The van der Waals surface area contributed by atoms with Gasteiger partial charge in [0.05, 0.1) is 42.7 Å². The largest absolute Gasteiger partial charge is 0.381 e. The molecule has 0 aliphatic carbocycles. The van der Waals surface area contributed by atoms with Gasteiger partial charge in [-0.3, -0.25) is 0 Å². The van der Waals surface area contributed by atoms with Gasteiger partial charge in [-0.1, -0.05) is 39.8 Å². The third kappa shape index (κ3) is 10.1. The van der Waals surface area contributed by atoms with Crippen LogP contribution in [-0.2, 0) is 56.2 Å². The number of rotatable bonds is 15. The summed E-state index contributed by atoms with van der Waals surface area (Å²) < 4.78 is 31.1. The quantitative estimate of drug-likeness (QED) is 0.107. The van der Waals surface area contributed by atoms with Gasteiger partial charge in [-0.2, -0.15) is 0 Å². The van der Waals surface area contributed by atoms with Crippen LogP contribution in [0, 0.1) is 18.8 Å². The Morgan fingerprint density at radius 1 is 1.11 bits per heavy atom. The maximum Gasteiger partial charge on any atom is 0.0842 e. The van der Waals surface area contributed by atoms with E-state index in [0.29, 0.717) is 12.0 Å². The van der Waals surface area contributed by atoms with E-state index in [2.05, 4.69) is 52.3 Å². The van der Waals surface area contributed by atoms with Gasteiger partial charge in [-0.15, -0.1) is 23.1 Å². The monoisotopic (exact) mass is 662 g/mol. The Morgan fingerprint density at radius 2 is 1.84 bits per heavy atom. The van der Waals surface area contributed by atoms with Crippen molar-refractivity contribution in [2.24, 2.45) is 11.8 Å². The smallest absolute Gasteiger partial charge is 0.0842 e. The van der Waals surface area contributed by atoms with Gasteiger partial charge in [0.2, 0.25) is 0 Å². The van der Waals surface area contributed by atoms with Crippen LogP contribution in [0.5, 0.6) is 0 Å². The Hall–Kier alpha value is 1.67. The van der Waals surface area contributed by atoms with Gasteiger partial charge in [-0.25, -0.2) is 0 Å². The average Bonchev–Trinajstić information content (AvgIpc) is 3.39. The van der Waals surface area contributed by atoms with Crippen molar-refractivity contribution in [1.29, 1.82) is 0 Å². The SMILES string of the molecule is C=C1C[C@H](CCCC)OC1CC[C@H]1C[C@@H](C)C(=C)C(C[C@@H]2O[C@H](C[C@@H](CCPP)OP)[C@H](OC)[C@H]2[CH2-])O1.[Y]. The molecule has 13 atom stereocenters. The van der Waals surface area contributed by atoms with E-state index in [1.165, 1.54) is 24.0 Å². The molecule has 3 aliphatic rings. The van der Waals surface area contributed by atoms with Crippen molar-refractivity contribution in [3.63, 3.8) is 0 Å². The van der Waals surface area contributed by atoms with Crippen LogP contribution in [0.4, 0.5) is 0 Å². The Balaban J connectivity index is 0.00000507. The van der Waals surface area contributed by atoms with E-state index in [1.54, 1.807) is 7.11 Å². The minimum Gasteiger partial charge on any atom is -0.381 e. The molecule has 217 valence electrons. The third-order valence-electron chi connectivity index (χ3n) is 8.58. The van der Waals surface area contributed by atoms with Crippen LogP contribution >= 0.6 is 26.7 Å². The summed E-state index contributed by atoms with van der Waals surface area (Å²) in [5, 5.41) is 0. The van der Waals surface area contributed by atoms with Crippen molar-refractivity contribution in [3.05, 3.63) is 31.2 Å². The molecule has 0 N–H and O–H groups in total. The van der Waals surface area contributed by atoms with Crippen molar-refractivity contribution < 1.29 is 56.2 Å². The first-order chi connectivity index (χ1) is 17.8. The first kappa shape index (κ1) is 35.9. The number of unbranched alkanes of at least 4 members (excludes halogenated alkanes) is 1. The zero-order valence-corrected chi connectivity index (χ0v) is 30.1. The van der Waals surface area contributed by atoms with Crippen LogP contribution in [0.1, 0.15) is 78.1 Å². The number of methoxy groups -OCH3 is 1. The molecule has 0 amide bonds. The molecular weight excluding hydrogens is 610 g/mol. The van der Waals surface area contributed by atoms with Crippen molar-refractivity contribution >= 4 is 26.7 Å². The van der Waals surface area contributed by atoms with Crippen LogP contribution in [0.3, 0.4) is 0 Å². The van der Waals surface area contributed by atoms with E-state index < -0.39 is 0 Å². The van der Waals surface area contributed by atoms with Crippen LogP contribution in [-0.4, -0.2) is 62.1 Å². The molecule has 0 aromatic heterocycles. The summed E-state index contributed by atoms with van der Waals surface area (Å²) in [7, 11) is 7.86. The minimum absolute atomic E-state index is 0. The molecule has 3 aliphatic heterocycles. The van der Waals surface area contributed by atoms with Gasteiger partial charge in [0, 0.05) is 68.2 Å². The summed E-state index contributed by atoms with van der Waals surface area (Å²) in [6.07, 6.45) is 12.1. The summed E-state index contributed by atoms with van der Waals surface area (Å²) >= 11 is 0. The molecule has 9 heteroatoms. The number of ether oxygens (including phenoxy) is 4. The van der Waals surface area contributed by atoms with E-state index in [4.69, 9.17) is 23.5 Å². The van der Waals surface area contributed by atoms with Crippen molar-refractivity contribution in [1.82, 2.24) is 0 Å². The molecule has 3 saturated heterocycles. The van der Waals surface area contributed by atoms with Crippen molar-refractivity contribution in [2.45, 2.75) is 127 Å². The van der Waals surface area contributed by atoms with Crippen molar-refractivity contribution in [2.75, 3.05) is 13.3 Å². The fourth-order valence-electron chi connectivity index (χ4n) is 6.24. The maximum absolute atomic E-state index is 6.66. The van der Waals surface area contributed by atoms with E-state index in [1.807, 2.05) is 0 Å². The molecule has 0 aromatic carbocycles. The third-order valence-corrected chi connectivity index (χ3v) is 10.4. The van der Waals surface area contributed by atoms with E-state index >= 15 is 0 Å². The summed E-state index contributed by atoms with van der Waals surface area (Å²) in [5.41, 5.74) is 2.44. The van der Waals surface area contributed by atoms with Gasteiger partial charge >= 0.3 is 0 Å². The van der Waals surface area contributed by atoms with Gasteiger partial charge < -0.3 is 30.4 Å². The number of hydrogen-bond donors (Lipinski definition) is 0. The standard InChI is InChI=1S/C29H52O5P3.Y/c1-7-8-9-22-15-19(3)25(31-22)11-10-23-14-18(2)20(4)26(32-23)17-27-21(5)29(30-6)28(33-27)16-24(34-35)12-13-37-36;/h18,21-29,37H,3-5,7-17,35-36H2,1-2,6H3;/q-1;/t18-,21+,22+,23+,24-,25?,26?,27+,28-,29-;/m1./s1. The van der Waals surface area contributed by atoms with Crippen LogP contribution in [0.15, 0.2) is 24.3 Å². The van der Waals surface area contributed by atoms with Crippen LogP contribution < -0.4 is 0 Å². The molecule has 0 bridgehead atoms. The second-order valence-corrected chi connectivity index (χ2v) is 13.7. The Bertz CT molecular complexity index is 728. The first-order valence-electron chi connectivity index (χ1n) is 14.3. The minimum atomic E-state index is -0.0395. The second-order valence-electron chi connectivity index (χ2n) is 11.3. The normalized spacial score (nSPS) is 36.7. The molecule has 0 aromatic rings. The molecule has 5 nitrogen and oxygen atoms in total. The van der Waals surface area contributed by atoms with Gasteiger partial charge in [0.1, 0.15) is 0 Å². The predicted molar refractivity (Wildman–Crippen MR) is 162 cm³/mol. The molecule has 0 saturated carbocycles. The topological polar surface area (TPSA) is 46.2 Å². The van der Waals surface area contributed by atoms with Crippen LogP contribution in [0.2, 0.25) is 0 Å². The van der Waals surface area contributed by atoms with Crippen molar-refractivity contribution in [3.8, 4) is 0 Å². The Morgan fingerprint density at radius 3 is 2.50 bits per heavy atom. The molecule has 5 unspecified atom stereocenters. The first-order valence-corrected chi connectivity index (χ1v) is 17.8. The zero-order valence-electron chi connectivity index (χ0n) is 23.9. The summed E-state index contributed by atoms with van der Waals surface area (Å²) in [4.78, 5) is 0. The van der Waals surface area contributed by atoms with E-state index in [-0.39, 0.29) is 81.4 Å².